The Morgan fingerprint density at radius 1 is 1.50 bits per heavy atom. The average molecular weight is 141 g/mol. The molecule has 0 N–H and O–H groups in total. The minimum Gasteiger partial charge on any atom is -0.339 e. The Hall–Kier alpha value is -0.530. The highest BCUT2D eigenvalue weighted by Crippen LogP contribution is 2.27. The number of carbonyl (C=O) groups is 1. The summed E-state index contributed by atoms with van der Waals surface area (Å²) in [6.45, 7) is 7.06. The number of rotatable bonds is 2. The van der Waals surface area contributed by atoms with Gasteiger partial charge in [0.15, 0.2) is 0 Å². The van der Waals surface area contributed by atoms with Crippen LogP contribution in [0.15, 0.2) is 0 Å². The van der Waals surface area contributed by atoms with Gasteiger partial charge in [0, 0.05) is 12.6 Å². The van der Waals surface area contributed by atoms with Gasteiger partial charge in [0.1, 0.15) is 0 Å². The number of carbonyl (C=O) groups excluding carboxylic acids is 1. The van der Waals surface area contributed by atoms with Gasteiger partial charge in [-0.25, -0.2) is 0 Å². The summed E-state index contributed by atoms with van der Waals surface area (Å²) >= 11 is 0. The van der Waals surface area contributed by atoms with Gasteiger partial charge in [-0.15, -0.1) is 0 Å². The second-order valence-electron chi connectivity index (χ2n) is 2.89. The molecule has 1 aliphatic rings. The Balaban J connectivity index is 2.52. The Bertz CT molecular complexity index is 144. The van der Waals surface area contributed by atoms with Crippen LogP contribution in [-0.2, 0) is 4.79 Å². The van der Waals surface area contributed by atoms with Gasteiger partial charge in [0.05, 0.1) is 5.92 Å². The summed E-state index contributed by atoms with van der Waals surface area (Å²) in [5.74, 6) is 0.610. The van der Waals surface area contributed by atoms with Gasteiger partial charge >= 0.3 is 0 Å². The molecule has 1 saturated heterocycles. The highest BCUT2D eigenvalue weighted by Gasteiger charge is 2.41. The van der Waals surface area contributed by atoms with E-state index in [1.807, 2.05) is 18.7 Å². The van der Waals surface area contributed by atoms with Crippen LogP contribution in [0.5, 0.6) is 0 Å². The number of hydrogen-bond donors (Lipinski definition) is 0. The quantitative estimate of drug-likeness (QED) is 0.530. The predicted molar refractivity (Wildman–Crippen MR) is 40.6 cm³/mol. The van der Waals surface area contributed by atoms with Crippen molar-refractivity contribution in [2.75, 3.05) is 6.54 Å². The average Bonchev–Trinajstić information content (AvgIpc) is 1.97. The highest BCUT2D eigenvalue weighted by molar-refractivity contribution is 5.85. The number of amides is 1. The SMILES string of the molecule is CCC1C(C)C(=O)N1CC. The number of likely N-dealkylation sites (tertiary alicyclic amines) is 1. The molecule has 1 aliphatic heterocycles. The van der Waals surface area contributed by atoms with Crippen molar-refractivity contribution in [2.24, 2.45) is 5.92 Å². The smallest absolute Gasteiger partial charge is 0.227 e. The molecule has 1 rings (SSSR count). The summed E-state index contributed by atoms with van der Waals surface area (Å²) in [6, 6.07) is 0.525. The summed E-state index contributed by atoms with van der Waals surface area (Å²) in [4.78, 5) is 13.0. The molecule has 58 valence electrons. The van der Waals surface area contributed by atoms with Crippen LogP contribution >= 0.6 is 0 Å². The maximum atomic E-state index is 11.1. The van der Waals surface area contributed by atoms with Crippen LogP contribution in [0.1, 0.15) is 27.2 Å². The van der Waals surface area contributed by atoms with Crippen molar-refractivity contribution in [1.82, 2.24) is 4.90 Å². The zero-order chi connectivity index (χ0) is 7.72. The van der Waals surface area contributed by atoms with E-state index in [4.69, 9.17) is 0 Å². The van der Waals surface area contributed by atoms with Crippen molar-refractivity contribution in [1.29, 1.82) is 0 Å². The van der Waals surface area contributed by atoms with Gasteiger partial charge in [-0.2, -0.15) is 0 Å². The third kappa shape index (κ3) is 0.825. The second-order valence-corrected chi connectivity index (χ2v) is 2.89. The summed E-state index contributed by atoms with van der Waals surface area (Å²) < 4.78 is 0. The molecular formula is C8H15NO. The second kappa shape index (κ2) is 2.60. The van der Waals surface area contributed by atoms with Crippen molar-refractivity contribution in [2.45, 2.75) is 33.2 Å². The van der Waals surface area contributed by atoms with Crippen LogP contribution in [0.25, 0.3) is 0 Å². The van der Waals surface area contributed by atoms with Crippen molar-refractivity contribution < 1.29 is 4.79 Å². The van der Waals surface area contributed by atoms with Crippen molar-refractivity contribution in [3.63, 3.8) is 0 Å². The number of nitrogens with zero attached hydrogens (tertiary/aromatic N) is 1. The van der Waals surface area contributed by atoms with E-state index in [1.54, 1.807) is 0 Å². The Morgan fingerprint density at radius 2 is 2.10 bits per heavy atom. The lowest BCUT2D eigenvalue weighted by atomic mass is 9.87. The van der Waals surface area contributed by atoms with Gasteiger partial charge in [-0.05, 0) is 13.3 Å². The summed E-state index contributed by atoms with van der Waals surface area (Å²) in [7, 11) is 0. The standard InChI is InChI=1S/C8H15NO/c1-4-7-6(3)8(10)9(7)5-2/h6-7H,4-5H2,1-3H3. The van der Waals surface area contributed by atoms with E-state index in [0.717, 1.165) is 13.0 Å². The zero-order valence-corrected chi connectivity index (χ0v) is 6.92. The Labute approximate surface area is 62.2 Å². The molecule has 10 heavy (non-hydrogen) atoms. The van der Waals surface area contributed by atoms with Gasteiger partial charge in [0.2, 0.25) is 5.91 Å². The van der Waals surface area contributed by atoms with Crippen molar-refractivity contribution >= 4 is 5.91 Å². The van der Waals surface area contributed by atoms with E-state index in [1.165, 1.54) is 0 Å². The maximum absolute atomic E-state index is 11.1. The van der Waals surface area contributed by atoms with E-state index in [0.29, 0.717) is 11.9 Å². The molecule has 0 saturated carbocycles. The van der Waals surface area contributed by atoms with Gasteiger partial charge < -0.3 is 4.90 Å². The van der Waals surface area contributed by atoms with Crippen LogP contribution in [0.4, 0.5) is 0 Å². The van der Waals surface area contributed by atoms with Crippen LogP contribution in [0, 0.1) is 5.92 Å². The lowest BCUT2D eigenvalue weighted by molar-refractivity contribution is -0.154. The molecule has 1 heterocycles. The first-order valence-electron chi connectivity index (χ1n) is 4.02. The van der Waals surface area contributed by atoms with Crippen molar-refractivity contribution in [3.8, 4) is 0 Å². The molecule has 2 heteroatoms. The van der Waals surface area contributed by atoms with Crippen LogP contribution < -0.4 is 0 Å². The maximum Gasteiger partial charge on any atom is 0.227 e. The molecular weight excluding hydrogens is 126 g/mol. The molecule has 0 aliphatic carbocycles. The third-order valence-electron chi connectivity index (χ3n) is 2.41. The first kappa shape index (κ1) is 7.58. The molecule has 2 nitrogen and oxygen atoms in total. The number of hydrogen-bond acceptors (Lipinski definition) is 1. The molecule has 0 bridgehead atoms. The molecule has 2 unspecified atom stereocenters. The molecule has 0 aromatic carbocycles. The van der Waals surface area contributed by atoms with E-state index < -0.39 is 0 Å². The highest BCUT2D eigenvalue weighted by atomic mass is 16.2. The fourth-order valence-corrected chi connectivity index (χ4v) is 1.74. The number of β-lactam (4-membered cyclic amide) rings is 1. The van der Waals surface area contributed by atoms with E-state index in [9.17, 15) is 4.79 Å². The summed E-state index contributed by atoms with van der Waals surface area (Å²) in [5.41, 5.74) is 0. The molecule has 0 aromatic rings. The normalized spacial score (nSPS) is 32.3. The molecule has 0 radical (unpaired) electrons. The predicted octanol–water partition coefficient (Wildman–Crippen LogP) is 1.26. The molecule has 0 spiro atoms. The topological polar surface area (TPSA) is 20.3 Å². The van der Waals surface area contributed by atoms with E-state index in [-0.39, 0.29) is 5.92 Å². The zero-order valence-electron chi connectivity index (χ0n) is 6.92. The van der Waals surface area contributed by atoms with E-state index >= 15 is 0 Å². The molecule has 0 aromatic heterocycles. The van der Waals surface area contributed by atoms with Crippen LogP contribution in [-0.4, -0.2) is 23.4 Å². The fraction of sp³-hybridized carbons (Fsp3) is 0.875. The first-order valence-corrected chi connectivity index (χ1v) is 4.02. The van der Waals surface area contributed by atoms with Gasteiger partial charge in [-0.1, -0.05) is 13.8 Å². The Morgan fingerprint density at radius 3 is 2.40 bits per heavy atom. The molecule has 1 amide bonds. The first-order chi connectivity index (χ1) is 4.72. The lowest BCUT2D eigenvalue weighted by Gasteiger charge is -2.45. The fourth-order valence-electron chi connectivity index (χ4n) is 1.74. The summed E-state index contributed by atoms with van der Waals surface area (Å²) in [6.07, 6.45) is 1.10. The lowest BCUT2D eigenvalue weighted by Crippen LogP contribution is -2.59. The van der Waals surface area contributed by atoms with Gasteiger partial charge in [-0.3, -0.25) is 4.79 Å². The molecule has 1 fully saturated rings. The minimum absolute atomic E-state index is 0.282. The third-order valence-corrected chi connectivity index (χ3v) is 2.41. The minimum atomic E-state index is 0.282. The van der Waals surface area contributed by atoms with E-state index in [2.05, 4.69) is 6.92 Å². The van der Waals surface area contributed by atoms with Gasteiger partial charge in [0.25, 0.3) is 0 Å². The molecule has 2 atom stereocenters. The van der Waals surface area contributed by atoms with Crippen molar-refractivity contribution in [3.05, 3.63) is 0 Å². The monoisotopic (exact) mass is 141 g/mol. The Kier molecular flexibility index (Phi) is 1.97. The largest absolute Gasteiger partial charge is 0.339 e. The van der Waals surface area contributed by atoms with Crippen LogP contribution in [0.2, 0.25) is 0 Å². The van der Waals surface area contributed by atoms with Crippen LogP contribution in [0.3, 0.4) is 0 Å². The summed E-state index contributed by atoms with van der Waals surface area (Å²) in [5, 5.41) is 0.